The van der Waals surface area contributed by atoms with Crippen molar-refractivity contribution in [3.8, 4) is 0 Å². The number of esters is 2. The van der Waals surface area contributed by atoms with E-state index in [1.807, 2.05) is 21.1 Å². The number of ether oxygens (including phenoxy) is 2. The zero-order chi connectivity index (χ0) is 40.0. The number of likely N-dealkylation sites (N-methyl/N-ethyl adjacent to an activating group) is 1. The molecule has 2 atom stereocenters. The Morgan fingerprint density at radius 3 is 1.18 bits per heavy atom. The molecule has 0 aromatic rings. The van der Waals surface area contributed by atoms with Crippen LogP contribution >= 0.6 is 7.82 Å². The van der Waals surface area contributed by atoms with Gasteiger partial charge in [0.25, 0.3) is 0 Å². The maximum absolute atomic E-state index is 12.7. The van der Waals surface area contributed by atoms with Gasteiger partial charge >= 0.3 is 49.3 Å². The molecule has 11 heteroatoms. The van der Waals surface area contributed by atoms with Crippen LogP contribution in [0.15, 0.2) is 0 Å². The number of nitrogens with zero attached hydrogens (tertiary/aromatic N) is 1. The first kappa shape index (κ1) is 57.1. The number of carbonyl (C=O) groups is 2. The zero-order valence-corrected chi connectivity index (χ0v) is 37.1. The van der Waals surface area contributed by atoms with Crippen LogP contribution in [0.25, 0.3) is 0 Å². The fraction of sp³-hybridized carbons (Fsp3) is 0.955. The van der Waals surface area contributed by atoms with Gasteiger partial charge in [0.2, 0.25) is 0 Å². The van der Waals surface area contributed by atoms with E-state index in [0.717, 1.165) is 38.5 Å². The molecule has 0 amide bonds. The summed E-state index contributed by atoms with van der Waals surface area (Å²) in [5, 5.41) is 0. The molecule has 0 saturated heterocycles. The number of unbranched alkanes of at least 4 members (excludes halogenated alkanes) is 28. The Morgan fingerprint density at radius 1 is 0.509 bits per heavy atom. The van der Waals surface area contributed by atoms with Crippen molar-refractivity contribution < 1.29 is 42.1 Å². The molecular formula is C44H90NNaO8P+. The summed E-state index contributed by atoms with van der Waals surface area (Å²) >= 11 is 0. The second-order valence-corrected chi connectivity index (χ2v) is 18.3. The van der Waals surface area contributed by atoms with Crippen molar-refractivity contribution in [1.82, 2.24) is 0 Å². The number of hydrogen-bond donors (Lipinski definition) is 1. The summed E-state index contributed by atoms with van der Waals surface area (Å²) < 4.78 is 34.3. The van der Waals surface area contributed by atoms with Crippen LogP contribution in [-0.2, 0) is 32.7 Å². The normalized spacial score (nSPS) is 13.3. The van der Waals surface area contributed by atoms with Gasteiger partial charge in [-0.05, 0) is 12.8 Å². The third-order valence-corrected chi connectivity index (χ3v) is 11.1. The minimum absolute atomic E-state index is 0. The summed E-state index contributed by atoms with van der Waals surface area (Å²) in [5.74, 6) is -0.782. The van der Waals surface area contributed by atoms with E-state index in [9.17, 15) is 19.0 Å². The van der Waals surface area contributed by atoms with Gasteiger partial charge in [-0.25, -0.2) is 4.57 Å². The summed E-state index contributed by atoms with van der Waals surface area (Å²) in [6.45, 7) is 4.46. The Bertz CT molecular complexity index is 904. The Kier molecular flexibility index (Phi) is 42.3. The fourth-order valence-corrected chi connectivity index (χ4v) is 7.29. The second kappa shape index (κ2) is 40.8. The van der Waals surface area contributed by atoms with Crippen LogP contribution in [0.5, 0.6) is 0 Å². The molecule has 0 fully saturated rings. The van der Waals surface area contributed by atoms with Crippen LogP contribution < -0.4 is 0 Å². The standard InChI is InChI=1S/C44H88NO8P.Na.H/c1-6-8-10-12-14-16-18-20-22-24-26-28-30-32-34-36-43(46)50-40-42(41-52-54(48,49)51-39-38-45(3,4)5)53-44(47)37-35-33-31-29-27-25-23-21-19-17-15-13-11-9-7-2;;/h42H,6-41H2,1-5H3;;/p+1/t42-;;/m1../s1. The molecule has 0 saturated carbocycles. The molecule has 0 aliphatic heterocycles. The van der Waals surface area contributed by atoms with Crippen molar-refractivity contribution in [1.29, 1.82) is 0 Å². The number of carbonyl (C=O) groups excluding carboxylic acids is 2. The topological polar surface area (TPSA) is 108 Å². The third-order valence-electron chi connectivity index (χ3n) is 10.1. The minimum atomic E-state index is -4.37. The van der Waals surface area contributed by atoms with E-state index in [2.05, 4.69) is 13.8 Å². The van der Waals surface area contributed by atoms with Gasteiger partial charge in [-0.3, -0.25) is 18.6 Å². The monoisotopic (exact) mass is 815 g/mol. The molecule has 1 N–H and O–H groups in total. The average Bonchev–Trinajstić information content (AvgIpc) is 3.12. The Morgan fingerprint density at radius 2 is 0.836 bits per heavy atom. The van der Waals surface area contributed by atoms with Crippen LogP contribution in [0.1, 0.15) is 219 Å². The molecule has 0 bridgehead atoms. The van der Waals surface area contributed by atoms with Crippen LogP contribution in [0.3, 0.4) is 0 Å². The number of quaternary nitrogens is 1. The molecule has 0 radical (unpaired) electrons. The van der Waals surface area contributed by atoms with Crippen molar-refractivity contribution in [3.63, 3.8) is 0 Å². The molecule has 0 aromatic carbocycles. The van der Waals surface area contributed by atoms with Crippen LogP contribution in [-0.4, -0.2) is 104 Å². The molecule has 0 spiro atoms. The van der Waals surface area contributed by atoms with Crippen molar-refractivity contribution in [2.75, 3.05) is 47.5 Å². The first-order valence-electron chi connectivity index (χ1n) is 22.8. The number of rotatable bonds is 42. The van der Waals surface area contributed by atoms with Gasteiger partial charge in [0, 0.05) is 12.8 Å². The first-order chi connectivity index (χ1) is 26.0. The second-order valence-electron chi connectivity index (χ2n) is 16.8. The summed E-state index contributed by atoms with van der Waals surface area (Å²) in [6, 6.07) is 0. The number of phosphoric acid groups is 1. The van der Waals surface area contributed by atoms with E-state index >= 15 is 0 Å². The molecule has 324 valence electrons. The van der Waals surface area contributed by atoms with E-state index < -0.39 is 26.5 Å². The van der Waals surface area contributed by atoms with Gasteiger partial charge in [-0.15, -0.1) is 0 Å². The third kappa shape index (κ3) is 45.0. The van der Waals surface area contributed by atoms with E-state index in [4.69, 9.17) is 18.5 Å². The summed E-state index contributed by atoms with van der Waals surface area (Å²) in [5.41, 5.74) is 0. The van der Waals surface area contributed by atoms with Crippen LogP contribution in [0.4, 0.5) is 0 Å². The molecular weight excluding hydrogens is 724 g/mol. The van der Waals surface area contributed by atoms with Gasteiger partial charge in [0.05, 0.1) is 27.7 Å². The van der Waals surface area contributed by atoms with Crippen molar-refractivity contribution >= 4 is 49.3 Å². The molecule has 9 nitrogen and oxygen atoms in total. The van der Waals surface area contributed by atoms with Gasteiger partial charge in [-0.1, -0.05) is 194 Å². The van der Waals surface area contributed by atoms with Crippen molar-refractivity contribution in [3.05, 3.63) is 0 Å². The Balaban J connectivity index is 0. The zero-order valence-electron chi connectivity index (χ0n) is 36.2. The molecule has 1 unspecified atom stereocenters. The summed E-state index contributed by atoms with van der Waals surface area (Å²) in [7, 11) is 1.49. The summed E-state index contributed by atoms with van der Waals surface area (Å²) in [4.78, 5) is 35.4. The van der Waals surface area contributed by atoms with E-state index in [1.54, 1.807) is 0 Å². The predicted molar refractivity (Wildman–Crippen MR) is 232 cm³/mol. The Labute approximate surface area is 362 Å². The summed E-state index contributed by atoms with van der Waals surface area (Å²) in [6.07, 6.45) is 37.1. The first-order valence-corrected chi connectivity index (χ1v) is 24.3. The predicted octanol–water partition coefficient (Wildman–Crippen LogP) is 12.2. The van der Waals surface area contributed by atoms with E-state index in [1.165, 1.54) is 154 Å². The van der Waals surface area contributed by atoms with Gasteiger partial charge in [-0.2, -0.15) is 0 Å². The SMILES string of the molecule is CCCCCCCCCCCCCCCCCC(=O)OC[C@H](COP(=O)(O)OCC[N+](C)(C)C)OC(=O)CCCCCCCCCCCCCCCCC.[NaH]. The fourth-order valence-electron chi connectivity index (χ4n) is 6.54. The molecule has 55 heavy (non-hydrogen) atoms. The molecule has 0 rings (SSSR count). The molecule has 0 aliphatic rings. The van der Waals surface area contributed by atoms with E-state index in [0.29, 0.717) is 17.4 Å². The van der Waals surface area contributed by atoms with Gasteiger partial charge < -0.3 is 18.9 Å². The molecule has 0 aromatic heterocycles. The Hall–Kier alpha value is 0.0100. The number of hydrogen-bond acceptors (Lipinski definition) is 7. The maximum atomic E-state index is 12.7. The number of phosphoric ester groups is 1. The quantitative estimate of drug-likeness (QED) is 0.0213. The van der Waals surface area contributed by atoms with Crippen molar-refractivity contribution in [2.24, 2.45) is 0 Å². The average molecular weight is 815 g/mol. The van der Waals surface area contributed by atoms with Crippen LogP contribution in [0, 0.1) is 0 Å². The van der Waals surface area contributed by atoms with Crippen molar-refractivity contribution in [2.45, 2.75) is 225 Å². The van der Waals surface area contributed by atoms with E-state index in [-0.39, 0.29) is 55.2 Å². The molecule has 0 aliphatic carbocycles. The van der Waals surface area contributed by atoms with Gasteiger partial charge in [0.15, 0.2) is 6.10 Å². The van der Waals surface area contributed by atoms with Gasteiger partial charge in [0.1, 0.15) is 19.8 Å². The molecule has 0 heterocycles. The van der Waals surface area contributed by atoms with Crippen LogP contribution in [0.2, 0.25) is 0 Å².